The van der Waals surface area contributed by atoms with Gasteiger partial charge in [0.2, 0.25) is 0 Å². The quantitative estimate of drug-likeness (QED) is 0.728. The number of hydrogen-bond acceptors (Lipinski definition) is 2. The molecular weight excluding hydrogens is 180 g/mol. The van der Waals surface area contributed by atoms with E-state index in [1.807, 2.05) is 24.3 Å². The van der Waals surface area contributed by atoms with E-state index in [4.69, 9.17) is 4.74 Å². The molecule has 0 radical (unpaired) electrons. The van der Waals surface area contributed by atoms with Gasteiger partial charge in [0.1, 0.15) is 5.75 Å². The molecule has 0 fully saturated rings. The van der Waals surface area contributed by atoms with Crippen LogP contribution in [-0.2, 0) is 0 Å². The Hall–Kier alpha value is -0.890. The third-order valence-corrected chi connectivity index (χ3v) is 2.00. The highest BCUT2D eigenvalue weighted by Gasteiger charge is 1.98. The maximum absolute atomic E-state index is 5.25. The zero-order valence-electron chi connectivity index (χ0n) is 7.95. The van der Waals surface area contributed by atoms with Crippen molar-refractivity contribution in [2.24, 2.45) is 0 Å². The summed E-state index contributed by atoms with van der Waals surface area (Å²) in [5.74, 6) is 1.66. The van der Waals surface area contributed by atoms with Gasteiger partial charge in [-0.3, -0.25) is 0 Å². The first-order valence-corrected chi connectivity index (χ1v) is 4.83. The van der Waals surface area contributed by atoms with Crippen molar-refractivity contribution in [1.29, 1.82) is 0 Å². The molecule has 0 heterocycles. The predicted molar refractivity (Wildman–Crippen MR) is 60.6 cm³/mol. The SMILES string of the molecule is COc1cc(C)ccc1C=CCS. The van der Waals surface area contributed by atoms with E-state index in [2.05, 4.69) is 25.6 Å². The molecule has 13 heavy (non-hydrogen) atoms. The summed E-state index contributed by atoms with van der Waals surface area (Å²) in [5, 5.41) is 0. The van der Waals surface area contributed by atoms with Gasteiger partial charge in [-0.1, -0.05) is 24.3 Å². The number of methoxy groups -OCH3 is 1. The van der Waals surface area contributed by atoms with Crippen LogP contribution in [0.5, 0.6) is 5.75 Å². The zero-order valence-corrected chi connectivity index (χ0v) is 8.84. The molecule has 70 valence electrons. The molecule has 0 atom stereocenters. The summed E-state index contributed by atoms with van der Waals surface area (Å²) in [7, 11) is 1.69. The van der Waals surface area contributed by atoms with E-state index in [9.17, 15) is 0 Å². The molecule has 2 heteroatoms. The maximum Gasteiger partial charge on any atom is 0.126 e. The van der Waals surface area contributed by atoms with Gasteiger partial charge in [-0.25, -0.2) is 0 Å². The molecule has 1 rings (SSSR count). The first-order valence-electron chi connectivity index (χ1n) is 4.20. The molecule has 1 nitrogen and oxygen atoms in total. The lowest BCUT2D eigenvalue weighted by molar-refractivity contribution is 0.413. The van der Waals surface area contributed by atoms with Crippen LogP contribution in [0.2, 0.25) is 0 Å². The normalized spacial score (nSPS) is 10.7. The number of ether oxygens (including phenoxy) is 1. The van der Waals surface area contributed by atoms with Gasteiger partial charge in [-0.05, 0) is 18.6 Å². The predicted octanol–water partition coefficient (Wildman–Crippen LogP) is 2.95. The molecule has 0 saturated heterocycles. The molecule has 0 aliphatic carbocycles. The van der Waals surface area contributed by atoms with Crippen LogP contribution in [0.4, 0.5) is 0 Å². The van der Waals surface area contributed by atoms with E-state index in [0.29, 0.717) is 0 Å². The average molecular weight is 194 g/mol. The average Bonchev–Trinajstić information content (AvgIpc) is 2.16. The fraction of sp³-hybridized carbons (Fsp3) is 0.273. The third-order valence-electron chi connectivity index (χ3n) is 1.79. The van der Waals surface area contributed by atoms with E-state index in [-0.39, 0.29) is 0 Å². The van der Waals surface area contributed by atoms with Crippen LogP contribution in [-0.4, -0.2) is 12.9 Å². The maximum atomic E-state index is 5.25. The second-order valence-electron chi connectivity index (χ2n) is 2.83. The van der Waals surface area contributed by atoms with E-state index < -0.39 is 0 Å². The molecule has 0 aromatic heterocycles. The van der Waals surface area contributed by atoms with Gasteiger partial charge in [0.25, 0.3) is 0 Å². The molecule has 0 N–H and O–H groups in total. The Labute approximate surface area is 84.8 Å². The second kappa shape index (κ2) is 4.97. The monoisotopic (exact) mass is 194 g/mol. The summed E-state index contributed by atoms with van der Waals surface area (Å²) in [6, 6.07) is 6.15. The van der Waals surface area contributed by atoms with Crippen LogP contribution < -0.4 is 4.74 Å². The van der Waals surface area contributed by atoms with Crippen LogP contribution in [0.15, 0.2) is 24.3 Å². The Bertz CT molecular complexity index is 305. The van der Waals surface area contributed by atoms with Crippen molar-refractivity contribution >= 4 is 18.7 Å². The fourth-order valence-electron chi connectivity index (χ4n) is 1.14. The summed E-state index contributed by atoms with van der Waals surface area (Å²) < 4.78 is 5.25. The highest BCUT2D eigenvalue weighted by Crippen LogP contribution is 2.20. The van der Waals surface area contributed by atoms with Gasteiger partial charge in [0.15, 0.2) is 0 Å². The Balaban J connectivity index is 2.99. The van der Waals surface area contributed by atoms with Crippen LogP contribution in [0, 0.1) is 6.92 Å². The third kappa shape index (κ3) is 2.81. The van der Waals surface area contributed by atoms with Crippen LogP contribution in [0.25, 0.3) is 6.08 Å². The van der Waals surface area contributed by atoms with Crippen molar-refractivity contribution in [1.82, 2.24) is 0 Å². The van der Waals surface area contributed by atoms with Crippen LogP contribution >= 0.6 is 12.6 Å². The van der Waals surface area contributed by atoms with Crippen molar-refractivity contribution in [2.75, 3.05) is 12.9 Å². The molecule has 1 aromatic rings. The molecule has 0 spiro atoms. The van der Waals surface area contributed by atoms with E-state index >= 15 is 0 Å². The minimum Gasteiger partial charge on any atom is -0.496 e. The van der Waals surface area contributed by atoms with Crippen molar-refractivity contribution in [3.05, 3.63) is 35.4 Å². The minimum absolute atomic E-state index is 0.747. The van der Waals surface area contributed by atoms with Crippen molar-refractivity contribution in [3.8, 4) is 5.75 Å². The molecule has 0 aliphatic heterocycles. The number of rotatable bonds is 3. The standard InChI is InChI=1S/C11H14OS/c1-9-5-6-10(4-3-7-13)11(8-9)12-2/h3-6,8,13H,7H2,1-2H3. The molecule has 0 amide bonds. The van der Waals surface area contributed by atoms with Gasteiger partial charge in [0, 0.05) is 11.3 Å². The Morgan fingerprint density at radius 2 is 2.23 bits per heavy atom. The number of hydrogen-bond donors (Lipinski definition) is 1. The molecule has 1 aromatic carbocycles. The van der Waals surface area contributed by atoms with Crippen molar-refractivity contribution < 1.29 is 4.74 Å². The summed E-state index contributed by atoms with van der Waals surface area (Å²) >= 11 is 4.11. The van der Waals surface area contributed by atoms with Gasteiger partial charge in [0.05, 0.1) is 7.11 Å². The summed E-state index contributed by atoms with van der Waals surface area (Å²) in [6.45, 7) is 2.05. The van der Waals surface area contributed by atoms with Crippen LogP contribution in [0.1, 0.15) is 11.1 Å². The van der Waals surface area contributed by atoms with Gasteiger partial charge in [-0.15, -0.1) is 0 Å². The van der Waals surface area contributed by atoms with Gasteiger partial charge >= 0.3 is 0 Å². The molecule has 0 unspecified atom stereocenters. The lowest BCUT2D eigenvalue weighted by Gasteiger charge is -2.05. The lowest BCUT2D eigenvalue weighted by Crippen LogP contribution is -1.87. The van der Waals surface area contributed by atoms with E-state index in [1.54, 1.807) is 7.11 Å². The topological polar surface area (TPSA) is 9.23 Å². The largest absolute Gasteiger partial charge is 0.496 e. The number of aryl methyl sites for hydroxylation is 1. The molecule has 0 bridgehead atoms. The zero-order chi connectivity index (χ0) is 9.68. The number of thiol groups is 1. The van der Waals surface area contributed by atoms with E-state index in [0.717, 1.165) is 17.1 Å². The highest BCUT2D eigenvalue weighted by molar-refractivity contribution is 7.80. The highest BCUT2D eigenvalue weighted by atomic mass is 32.1. The van der Waals surface area contributed by atoms with Gasteiger partial charge < -0.3 is 4.74 Å². The first-order chi connectivity index (χ1) is 6.27. The van der Waals surface area contributed by atoms with Crippen molar-refractivity contribution in [3.63, 3.8) is 0 Å². The number of benzene rings is 1. The van der Waals surface area contributed by atoms with Crippen molar-refractivity contribution in [2.45, 2.75) is 6.92 Å². The Morgan fingerprint density at radius 3 is 2.85 bits per heavy atom. The molecule has 0 saturated carbocycles. The first kappa shape index (κ1) is 10.2. The van der Waals surface area contributed by atoms with Gasteiger partial charge in [-0.2, -0.15) is 12.6 Å². The summed E-state index contributed by atoms with van der Waals surface area (Å²) in [6.07, 6.45) is 4.02. The fourth-order valence-corrected chi connectivity index (χ4v) is 1.24. The summed E-state index contributed by atoms with van der Waals surface area (Å²) in [5.41, 5.74) is 2.31. The minimum atomic E-state index is 0.747. The smallest absolute Gasteiger partial charge is 0.126 e. The lowest BCUT2D eigenvalue weighted by atomic mass is 10.1. The second-order valence-corrected chi connectivity index (χ2v) is 3.20. The molecule has 0 aliphatic rings. The Morgan fingerprint density at radius 1 is 1.46 bits per heavy atom. The summed E-state index contributed by atoms with van der Waals surface area (Å²) in [4.78, 5) is 0. The Kier molecular flexibility index (Phi) is 3.90. The van der Waals surface area contributed by atoms with Crippen LogP contribution in [0.3, 0.4) is 0 Å². The molecular formula is C11H14OS. The van der Waals surface area contributed by atoms with E-state index in [1.165, 1.54) is 5.56 Å².